The Kier molecular flexibility index (Phi) is 5.68. The summed E-state index contributed by atoms with van der Waals surface area (Å²) in [4.78, 5) is 0. The quantitative estimate of drug-likeness (QED) is 0.715. The molecule has 1 fully saturated rings. The van der Waals surface area contributed by atoms with Crippen LogP contribution in [0.2, 0.25) is 0 Å². The second-order valence-corrected chi connectivity index (χ2v) is 5.58. The Morgan fingerprint density at radius 2 is 1.80 bits per heavy atom. The summed E-state index contributed by atoms with van der Waals surface area (Å²) in [7, 11) is 0. The van der Waals surface area contributed by atoms with E-state index < -0.39 is 0 Å². The van der Waals surface area contributed by atoms with Crippen LogP contribution in [0.3, 0.4) is 0 Å². The predicted molar refractivity (Wildman–Crippen MR) is 81.6 cm³/mol. The number of hydrogen-bond donors (Lipinski definition) is 2. The zero-order valence-corrected chi connectivity index (χ0v) is 12.6. The van der Waals surface area contributed by atoms with E-state index in [0.29, 0.717) is 6.61 Å². The van der Waals surface area contributed by atoms with Crippen molar-refractivity contribution in [3.63, 3.8) is 0 Å². The zero-order valence-electron chi connectivity index (χ0n) is 12.6. The van der Waals surface area contributed by atoms with E-state index in [9.17, 15) is 0 Å². The molecule has 1 saturated heterocycles. The SMILES string of the molecule is CCCOc1ccc(OCCNC2(C)CCNC2)cc1. The van der Waals surface area contributed by atoms with E-state index in [1.807, 2.05) is 24.3 Å². The molecule has 0 aromatic heterocycles. The fourth-order valence-corrected chi connectivity index (χ4v) is 2.34. The monoisotopic (exact) mass is 278 g/mol. The van der Waals surface area contributed by atoms with Gasteiger partial charge < -0.3 is 20.1 Å². The first-order valence-electron chi connectivity index (χ1n) is 7.53. The van der Waals surface area contributed by atoms with Gasteiger partial charge in [-0.1, -0.05) is 6.92 Å². The molecule has 0 radical (unpaired) electrons. The van der Waals surface area contributed by atoms with Crippen molar-refractivity contribution >= 4 is 0 Å². The summed E-state index contributed by atoms with van der Waals surface area (Å²) in [6.45, 7) is 8.81. The largest absolute Gasteiger partial charge is 0.494 e. The van der Waals surface area contributed by atoms with Gasteiger partial charge in [0.15, 0.2) is 0 Å². The van der Waals surface area contributed by atoms with Crippen LogP contribution in [0.5, 0.6) is 11.5 Å². The Balaban J connectivity index is 1.66. The molecular weight excluding hydrogens is 252 g/mol. The minimum atomic E-state index is 0.223. The van der Waals surface area contributed by atoms with Crippen molar-refractivity contribution in [1.82, 2.24) is 10.6 Å². The molecule has 0 spiro atoms. The van der Waals surface area contributed by atoms with Gasteiger partial charge in [-0.3, -0.25) is 0 Å². The summed E-state index contributed by atoms with van der Waals surface area (Å²) in [5.74, 6) is 1.80. The van der Waals surface area contributed by atoms with E-state index in [0.717, 1.165) is 44.2 Å². The fourth-order valence-electron chi connectivity index (χ4n) is 2.34. The van der Waals surface area contributed by atoms with Crippen molar-refractivity contribution < 1.29 is 9.47 Å². The van der Waals surface area contributed by atoms with Crippen molar-refractivity contribution in [1.29, 1.82) is 0 Å². The highest BCUT2D eigenvalue weighted by atomic mass is 16.5. The minimum Gasteiger partial charge on any atom is -0.494 e. The molecular formula is C16H26N2O2. The second-order valence-electron chi connectivity index (χ2n) is 5.58. The second kappa shape index (κ2) is 7.50. The molecule has 1 aromatic carbocycles. The van der Waals surface area contributed by atoms with Gasteiger partial charge in [-0.2, -0.15) is 0 Å². The molecule has 20 heavy (non-hydrogen) atoms. The lowest BCUT2D eigenvalue weighted by Crippen LogP contribution is -2.45. The Labute approximate surface area is 121 Å². The molecule has 0 aliphatic carbocycles. The van der Waals surface area contributed by atoms with Crippen LogP contribution in [-0.4, -0.2) is 38.4 Å². The number of rotatable bonds is 8. The lowest BCUT2D eigenvalue weighted by atomic mass is 10.0. The van der Waals surface area contributed by atoms with Crippen molar-refractivity contribution in [2.45, 2.75) is 32.2 Å². The normalized spacial score (nSPS) is 21.9. The van der Waals surface area contributed by atoms with E-state index in [4.69, 9.17) is 9.47 Å². The van der Waals surface area contributed by atoms with Gasteiger partial charge in [0.2, 0.25) is 0 Å². The van der Waals surface area contributed by atoms with Gasteiger partial charge in [0.1, 0.15) is 18.1 Å². The summed E-state index contributed by atoms with van der Waals surface area (Å²) in [6.07, 6.45) is 2.20. The summed E-state index contributed by atoms with van der Waals surface area (Å²) in [5, 5.41) is 6.93. The van der Waals surface area contributed by atoms with E-state index in [1.54, 1.807) is 0 Å². The molecule has 2 rings (SSSR count). The Hall–Kier alpha value is -1.26. The molecule has 112 valence electrons. The van der Waals surface area contributed by atoms with E-state index in [1.165, 1.54) is 6.42 Å². The molecule has 1 aromatic rings. The van der Waals surface area contributed by atoms with E-state index in [2.05, 4.69) is 24.5 Å². The predicted octanol–water partition coefficient (Wildman–Crippen LogP) is 2.20. The molecule has 0 saturated carbocycles. The molecule has 1 heterocycles. The summed E-state index contributed by atoms with van der Waals surface area (Å²) in [6, 6.07) is 7.84. The average Bonchev–Trinajstić information content (AvgIpc) is 2.90. The third kappa shape index (κ3) is 4.69. The van der Waals surface area contributed by atoms with Crippen LogP contribution in [0.25, 0.3) is 0 Å². The standard InChI is InChI=1S/C16H26N2O2/c1-3-11-19-14-4-6-15(7-5-14)20-12-10-18-16(2)8-9-17-13-16/h4-7,17-18H,3,8-13H2,1-2H3. The Bertz CT molecular complexity index is 386. The molecule has 1 unspecified atom stereocenters. The Morgan fingerprint density at radius 3 is 2.35 bits per heavy atom. The number of nitrogens with one attached hydrogen (secondary N) is 2. The number of hydrogen-bond acceptors (Lipinski definition) is 4. The van der Waals surface area contributed by atoms with Gasteiger partial charge >= 0.3 is 0 Å². The van der Waals surface area contributed by atoms with E-state index in [-0.39, 0.29) is 5.54 Å². The van der Waals surface area contributed by atoms with Crippen LogP contribution in [0.4, 0.5) is 0 Å². The van der Waals surface area contributed by atoms with Crippen LogP contribution in [0.1, 0.15) is 26.7 Å². The van der Waals surface area contributed by atoms with Crippen LogP contribution < -0.4 is 20.1 Å². The van der Waals surface area contributed by atoms with Crippen LogP contribution >= 0.6 is 0 Å². The molecule has 4 heteroatoms. The van der Waals surface area contributed by atoms with Crippen molar-refractivity contribution in [2.24, 2.45) is 0 Å². The summed E-state index contributed by atoms with van der Waals surface area (Å²) in [5.41, 5.74) is 0.223. The molecule has 1 aliphatic heterocycles. The molecule has 0 bridgehead atoms. The van der Waals surface area contributed by atoms with Crippen LogP contribution in [0, 0.1) is 0 Å². The maximum atomic E-state index is 5.73. The van der Waals surface area contributed by atoms with Gasteiger partial charge in [0, 0.05) is 18.6 Å². The van der Waals surface area contributed by atoms with Gasteiger partial charge in [-0.05, 0) is 50.6 Å². The van der Waals surface area contributed by atoms with Gasteiger partial charge in [-0.25, -0.2) is 0 Å². The molecule has 1 aliphatic rings. The summed E-state index contributed by atoms with van der Waals surface area (Å²) < 4.78 is 11.3. The molecule has 1 atom stereocenters. The van der Waals surface area contributed by atoms with Gasteiger partial charge in [-0.15, -0.1) is 0 Å². The summed E-state index contributed by atoms with van der Waals surface area (Å²) >= 11 is 0. The first-order chi connectivity index (χ1) is 9.72. The maximum Gasteiger partial charge on any atom is 0.119 e. The topological polar surface area (TPSA) is 42.5 Å². The number of ether oxygens (including phenoxy) is 2. The van der Waals surface area contributed by atoms with Crippen LogP contribution in [-0.2, 0) is 0 Å². The fraction of sp³-hybridized carbons (Fsp3) is 0.625. The first-order valence-corrected chi connectivity index (χ1v) is 7.53. The van der Waals surface area contributed by atoms with Gasteiger partial charge in [0.25, 0.3) is 0 Å². The highest BCUT2D eigenvalue weighted by Gasteiger charge is 2.27. The third-order valence-electron chi connectivity index (χ3n) is 3.59. The number of benzene rings is 1. The first kappa shape index (κ1) is 15.1. The molecule has 2 N–H and O–H groups in total. The third-order valence-corrected chi connectivity index (χ3v) is 3.59. The molecule has 4 nitrogen and oxygen atoms in total. The highest BCUT2D eigenvalue weighted by Crippen LogP contribution is 2.18. The maximum absolute atomic E-state index is 5.73. The zero-order chi connectivity index (χ0) is 14.3. The highest BCUT2D eigenvalue weighted by molar-refractivity contribution is 5.31. The van der Waals surface area contributed by atoms with Crippen molar-refractivity contribution in [2.75, 3.05) is 32.8 Å². The molecule has 0 amide bonds. The lowest BCUT2D eigenvalue weighted by molar-refractivity contribution is 0.282. The van der Waals surface area contributed by atoms with Crippen molar-refractivity contribution in [3.8, 4) is 11.5 Å². The lowest BCUT2D eigenvalue weighted by Gasteiger charge is -2.24. The average molecular weight is 278 g/mol. The van der Waals surface area contributed by atoms with E-state index >= 15 is 0 Å². The minimum absolute atomic E-state index is 0.223. The van der Waals surface area contributed by atoms with Crippen LogP contribution in [0.15, 0.2) is 24.3 Å². The van der Waals surface area contributed by atoms with Crippen molar-refractivity contribution in [3.05, 3.63) is 24.3 Å². The smallest absolute Gasteiger partial charge is 0.119 e. The van der Waals surface area contributed by atoms with Gasteiger partial charge in [0.05, 0.1) is 6.61 Å². The Morgan fingerprint density at radius 1 is 1.15 bits per heavy atom.